The maximum atomic E-state index is 14.2. The molecule has 0 saturated carbocycles. The number of hydrogen-bond acceptors (Lipinski definition) is 3. The van der Waals surface area contributed by atoms with Crippen molar-refractivity contribution in [3.63, 3.8) is 0 Å². The fourth-order valence-electron chi connectivity index (χ4n) is 3.77. The van der Waals surface area contributed by atoms with Gasteiger partial charge in [-0.3, -0.25) is 9.69 Å². The second-order valence-corrected chi connectivity index (χ2v) is 7.39. The third kappa shape index (κ3) is 4.25. The molecular weight excluding hydrogens is 379 g/mol. The fourth-order valence-corrected chi connectivity index (χ4v) is 3.77. The van der Waals surface area contributed by atoms with Gasteiger partial charge in [-0.25, -0.2) is 4.39 Å². The predicted molar refractivity (Wildman–Crippen MR) is 116 cm³/mol. The van der Waals surface area contributed by atoms with E-state index < -0.39 is 0 Å². The Kier molecular flexibility index (Phi) is 5.89. The molecule has 1 aliphatic rings. The summed E-state index contributed by atoms with van der Waals surface area (Å²) in [5.74, 6) is -0.222. The molecule has 0 spiro atoms. The van der Waals surface area contributed by atoms with Gasteiger partial charge < -0.3 is 10.1 Å². The second-order valence-electron chi connectivity index (χ2n) is 7.39. The summed E-state index contributed by atoms with van der Waals surface area (Å²) in [5, 5.41) is 3.24. The number of aryl methyl sites for hydroxylation is 2. The van der Waals surface area contributed by atoms with Crippen LogP contribution in [0, 0.1) is 5.82 Å². The summed E-state index contributed by atoms with van der Waals surface area (Å²) in [6, 6.07) is 20.8. The molecule has 0 bridgehead atoms. The van der Waals surface area contributed by atoms with Crippen molar-refractivity contribution in [2.24, 2.45) is 0 Å². The van der Waals surface area contributed by atoms with Gasteiger partial charge in [0.25, 0.3) is 0 Å². The van der Waals surface area contributed by atoms with Gasteiger partial charge in [0.15, 0.2) is 0 Å². The highest BCUT2D eigenvalue weighted by molar-refractivity contribution is 6.03. The lowest BCUT2D eigenvalue weighted by Crippen LogP contribution is -2.30. The standard InChI is InChI=1S/C25H23FN2O2/c26-23-16-21(12-10-19(23)5-4-14-29)27-17-18-8-9-20-11-13-25(30)28(24(20)15-18)22-6-2-1-3-7-22/h1-3,6-10,12,14-16,27H,4-5,11,13,17H2. The Balaban J connectivity index is 1.53. The average molecular weight is 402 g/mol. The van der Waals surface area contributed by atoms with Gasteiger partial charge in [-0.15, -0.1) is 0 Å². The molecule has 0 aromatic heterocycles. The van der Waals surface area contributed by atoms with Crippen LogP contribution in [0.5, 0.6) is 0 Å². The highest BCUT2D eigenvalue weighted by Crippen LogP contribution is 2.35. The summed E-state index contributed by atoms with van der Waals surface area (Å²) < 4.78 is 14.2. The Morgan fingerprint density at radius 3 is 2.60 bits per heavy atom. The third-order valence-corrected chi connectivity index (χ3v) is 5.34. The van der Waals surface area contributed by atoms with Crippen molar-refractivity contribution in [3.05, 3.63) is 89.2 Å². The number of rotatable bonds is 7. The smallest absolute Gasteiger partial charge is 0.231 e. The zero-order valence-corrected chi connectivity index (χ0v) is 16.6. The normalized spacial score (nSPS) is 13.1. The monoisotopic (exact) mass is 402 g/mol. The lowest BCUT2D eigenvalue weighted by molar-refractivity contribution is -0.118. The zero-order chi connectivity index (χ0) is 20.9. The van der Waals surface area contributed by atoms with Gasteiger partial charge in [-0.05, 0) is 59.9 Å². The number of anilines is 3. The highest BCUT2D eigenvalue weighted by atomic mass is 19.1. The number of para-hydroxylation sites is 1. The summed E-state index contributed by atoms with van der Waals surface area (Å²) in [6.07, 6.45) is 2.75. The van der Waals surface area contributed by atoms with E-state index in [2.05, 4.69) is 11.4 Å². The van der Waals surface area contributed by atoms with Crippen LogP contribution in [0.25, 0.3) is 0 Å². The number of carbonyl (C=O) groups excluding carboxylic acids is 2. The summed E-state index contributed by atoms with van der Waals surface area (Å²) in [7, 11) is 0. The van der Waals surface area contributed by atoms with E-state index in [1.807, 2.05) is 48.5 Å². The van der Waals surface area contributed by atoms with E-state index in [4.69, 9.17) is 0 Å². The Bertz CT molecular complexity index is 1070. The predicted octanol–water partition coefficient (Wildman–Crippen LogP) is 5.18. The van der Waals surface area contributed by atoms with Crippen LogP contribution in [0.3, 0.4) is 0 Å². The highest BCUT2D eigenvalue weighted by Gasteiger charge is 2.25. The molecule has 1 aliphatic heterocycles. The van der Waals surface area contributed by atoms with Gasteiger partial charge in [-0.2, -0.15) is 0 Å². The van der Waals surface area contributed by atoms with Crippen molar-refractivity contribution in [1.29, 1.82) is 0 Å². The number of aldehydes is 1. The molecule has 5 heteroatoms. The van der Waals surface area contributed by atoms with Gasteiger partial charge in [0, 0.05) is 30.8 Å². The summed E-state index contributed by atoms with van der Waals surface area (Å²) in [6.45, 7) is 0.511. The molecular formula is C25H23FN2O2. The summed E-state index contributed by atoms with van der Waals surface area (Å²) in [4.78, 5) is 24.9. The zero-order valence-electron chi connectivity index (χ0n) is 16.6. The van der Waals surface area contributed by atoms with E-state index in [1.54, 1.807) is 11.0 Å². The van der Waals surface area contributed by atoms with Crippen LogP contribution in [0.15, 0.2) is 66.7 Å². The van der Waals surface area contributed by atoms with Crippen molar-refractivity contribution in [3.8, 4) is 0 Å². The van der Waals surface area contributed by atoms with Crippen molar-refractivity contribution < 1.29 is 14.0 Å². The topological polar surface area (TPSA) is 49.4 Å². The SMILES string of the molecule is O=CCCc1ccc(NCc2ccc3c(c2)N(c2ccccc2)C(=O)CC3)cc1F. The molecule has 0 radical (unpaired) electrons. The largest absolute Gasteiger partial charge is 0.381 e. The molecule has 1 amide bonds. The van der Waals surface area contributed by atoms with E-state index >= 15 is 0 Å². The van der Waals surface area contributed by atoms with Gasteiger partial charge >= 0.3 is 0 Å². The molecule has 1 heterocycles. The van der Waals surface area contributed by atoms with Crippen LogP contribution in [0.4, 0.5) is 21.5 Å². The molecule has 0 saturated heterocycles. The quantitative estimate of drug-likeness (QED) is 0.554. The molecule has 4 nitrogen and oxygen atoms in total. The molecule has 1 N–H and O–H groups in total. The number of amides is 1. The number of benzene rings is 3. The molecule has 152 valence electrons. The van der Waals surface area contributed by atoms with Crippen LogP contribution in [0.1, 0.15) is 29.5 Å². The Labute approximate surface area is 175 Å². The van der Waals surface area contributed by atoms with Gasteiger partial charge in [0.2, 0.25) is 5.91 Å². The first-order chi connectivity index (χ1) is 14.7. The van der Waals surface area contributed by atoms with Crippen molar-refractivity contribution >= 4 is 29.3 Å². The molecule has 0 unspecified atom stereocenters. The van der Waals surface area contributed by atoms with Gasteiger partial charge in [0.1, 0.15) is 12.1 Å². The van der Waals surface area contributed by atoms with E-state index in [0.717, 1.165) is 35.2 Å². The number of carbonyl (C=O) groups is 2. The number of fused-ring (bicyclic) bond motifs is 1. The first kappa shape index (κ1) is 19.8. The first-order valence-electron chi connectivity index (χ1n) is 10.1. The second kappa shape index (κ2) is 8.91. The molecule has 0 atom stereocenters. The van der Waals surface area contributed by atoms with E-state index in [0.29, 0.717) is 37.1 Å². The lowest BCUT2D eigenvalue weighted by Gasteiger charge is -2.30. The van der Waals surface area contributed by atoms with Crippen LogP contribution in [-0.2, 0) is 29.0 Å². The van der Waals surface area contributed by atoms with E-state index in [9.17, 15) is 14.0 Å². The Morgan fingerprint density at radius 1 is 1.00 bits per heavy atom. The van der Waals surface area contributed by atoms with Gasteiger partial charge in [-0.1, -0.05) is 36.4 Å². The average Bonchev–Trinajstić information content (AvgIpc) is 2.77. The Hall–Kier alpha value is -3.47. The van der Waals surface area contributed by atoms with Crippen molar-refractivity contribution in [2.45, 2.75) is 32.2 Å². The minimum absolute atomic E-state index is 0.0896. The fraction of sp³-hybridized carbons (Fsp3) is 0.200. The molecule has 0 aliphatic carbocycles. The maximum absolute atomic E-state index is 14.2. The maximum Gasteiger partial charge on any atom is 0.231 e. The van der Waals surface area contributed by atoms with Gasteiger partial charge in [0.05, 0.1) is 5.69 Å². The molecule has 4 rings (SSSR count). The number of nitrogens with one attached hydrogen (secondary N) is 1. The van der Waals surface area contributed by atoms with Crippen LogP contribution >= 0.6 is 0 Å². The molecule has 0 fully saturated rings. The Morgan fingerprint density at radius 2 is 1.83 bits per heavy atom. The molecule has 3 aromatic rings. The minimum atomic E-state index is -0.312. The van der Waals surface area contributed by atoms with E-state index in [1.165, 1.54) is 6.07 Å². The van der Waals surface area contributed by atoms with Crippen LogP contribution in [-0.4, -0.2) is 12.2 Å². The number of hydrogen-bond donors (Lipinski definition) is 1. The molecule has 30 heavy (non-hydrogen) atoms. The summed E-state index contributed by atoms with van der Waals surface area (Å²) >= 11 is 0. The number of halogens is 1. The first-order valence-corrected chi connectivity index (χ1v) is 10.1. The summed E-state index contributed by atoms with van der Waals surface area (Å²) in [5.41, 5.74) is 5.14. The third-order valence-electron chi connectivity index (χ3n) is 5.34. The van der Waals surface area contributed by atoms with Crippen molar-refractivity contribution in [2.75, 3.05) is 10.2 Å². The van der Waals surface area contributed by atoms with Crippen LogP contribution in [0.2, 0.25) is 0 Å². The molecule has 3 aromatic carbocycles. The van der Waals surface area contributed by atoms with E-state index in [-0.39, 0.29) is 11.7 Å². The van der Waals surface area contributed by atoms with Crippen molar-refractivity contribution in [1.82, 2.24) is 0 Å². The lowest BCUT2D eigenvalue weighted by atomic mass is 9.98. The number of nitrogens with zero attached hydrogens (tertiary/aromatic N) is 1. The van der Waals surface area contributed by atoms with Crippen LogP contribution < -0.4 is 10.2 Å². The minimum Gasteiger partial charge on any atom is -0.381 e.